The number of carboxylic acid groups (broad SMARTS) is 1. The predicted molar refractivity (Wildman–Crippen MR) is 57.5 cm³/mol. The number of carboxylic acids is 1. The van der Waals surface area contributed by atoms with E-state index in [1.165, 1.54) is 0 Å². The average Bonchev–Trinajstić information content (AvgIpc) is 2.21. The molecule has 3 atom stereocenters. The zero-order chi connectivity index (χ0) is 11.6. The van der Waals surface area contributed by atoms with E-state index >= 15 is 0 Å². The highest BCUT2D eigenvalue weighted by Crippen LogP contribution is 2.53. The van der Waals surface area contributed by atoms with Gasteiger partial charge in [0.25, 0.3) is 0 Å². The lowest BCUT2D eigenvalue weighted by molar-refractivity contribution is -0.142. The summed E-state index contributed by atoms with van der Waals surface area (Å²) in [6.45, 7) is 6.46. The van der Waals surface area contributed by atoms with Gasteiger partial charge in [-0.15, -0.1) is 0 Å². The molecule has 0 amide bonds. The van der Waals surface area contributed by atoms with Crippen LogP contribution in [0.1, 0.15) is 46.5 Å². The largest absolute Gasteiger partial charge is 0.481 e. The Kier molecular flexibility index (Phi) is 3.53. The van der Waals surface area contributed by atoms with Crippen molar-refractivity contribution >= 4 is 11.8 Å². The number of carbonyl (C=O) groups is 2. The summed E-state index contributed by atoms with van der Waals surface area (Å²) in [6, 6.07) is 0. The van der Waals surface area contributed by atoms with Gasteiger partial charge in [0.1, 0.15) is 5.78 Å². The van der Waals surface area contributed by atoms with Gasteiger partial charge in [-0.05, 0) is 17.8 Å². The summed E-state index contributed by atoms with van der Waals surface area (Å²) in [5.74, 6) is -0.234. The van der Waals surface area contributed by atoms with E-state index < -0.39 is 5.97 Å². The normalized spacial score (nSPS) is 34.6. The standard InChI is InChI=1S/C12H20O3/c1-4-12(3)7-9(8(12)2)10(13)5-6-11(14)15/h8-9H,4-7H2,1-3H3,(H,14,15). The monoisotopic (exact) mass is 212 g/mol. The van der Waals surface area contributed by atoms with E-state index in [0.29, 0.717) is 11.3 Å². The van der Waals surface area contributed by atoms with Crippen molar-refractivity contribution in [2.45, 2.75) is 46.5 Å². The topological polar surface area (TPSA) is 54.4 Å². The van der Waals surface area contributed by atoms with E-state index in [1.54, 1.807) is 0 Å². The maximum atomic E-state index is 11.7. The number of carbonyl (C=O) groups excluding carboxylic acids is 1. The van der Waals surface area contributed by atoms with Gasteiger partial charge >= 0.3 is 5.97 Å². The van der Waals surface area contributed by atoms with Crippen LogP contribution in [-0.2, 0) is 9.59 Å². The molecule has 1 rings (SSSR count). The van der Waals surface area contributed by atoms with Crippen molar-refractivity contribution in [3.8, 4) is 0 Å². The Morgan fingerprint density at radius 2 is 2.00 bits per heavy atom. The van der Waals surface area contributed by atoms with Crippen LogP contribution in [0.2, 0.25) is 0 Å². The lowest BCUT2D eigenvalue weighted by Gasteiger charge is -2.51. The summed E-state index contributed by atoms with van der Waals surface area (Å²) in [5.41, 5.74) is 0.295. The van der Waals surface area contributed by atoms with E-state index in [4.69, 9.17) is 5.11 Å². The lowest BCUT2D eigenvalue weighted by atomic mass is 9.53. The highest BCUT2D eigenvalue weighted by atomic mass is 16.4. The van der Waals surface area contributed by atoms with E-state index in [9.17, 15) is 9.59 Å². The SMILES string of the molecule is CCC1(C)CC(C(=O)CCC(=O)O)C1C. The molecule has 1 fully saturated rings. The fraction of sp³-hybridized carbons (Fsp3) is 0.833. The minimum atomic E-state index is -0.881. The minimum Gasteiger partial charge on any atom is -0.481 e. The van der Waals surface area contributed by atoms with Gasteiger partial charge in [-0.1, -0.05) is 27.2 Å². The lowest BCUT2D eigenvalue weighted by Crippen LogP contribution is -2.47. The second kappa shape index (κ2) is 4.33. The van der Waals surface area contributed by atoms with Crippen molar-refractivity contribution in [3.05, 3.63) is 0 Å². The second-order valence-electron chi connectivity index (χ2n) is 4.97. The summed E-state index contributed by atoms with van der Waals surface area (Å²) in [5, 5.41) is 8.50. The number of ketones is 1. The number of Topliss-reactive ketones (excluding diaryl/α,β-unsaturated/α-hetero) is 1. The molecule has 0 spiro atoms. The quantitative estimate of drug-likeness (QED) is 0.761. The smallest absolute Gasteiger partial charge is 0.303 e. The average molecular weight is 212 g/mol. The minimum absolute atomic E-state index is 0.0229. The van der Waals surface area contributed by atoms with Crippen molar-refractivity contribution < 1.29 is 14.7 Å². The van der Waals surface area contributed by atoms with Crippen molar-refractivity contribution in [2.75, 3.05) is 0 Å². The van der Waals surface area contributed by atoms with Crippen LogP contribution < -0.4 is 0 Å². The van der Waals surface area contributed by atoms with Gasteiger partial charge in [0.05, 0.1) is 6.42 Å². The highest BCUT2D eigenvalue weighted by molar-refractivity contribution is 5.85. The molecule has 3 heteroatoms. The number of hydrogen-bond donors (Lipinski definition) is 1. The van der Waals surface area contributed by atoms with Crippen LogP contribution in [0.15, 0.2) is 0 Å². The zero-order valence-electron chi connectivity index (χ0n) is 9.75. The summed E-state index contributed by atoms with van der Waals surface area (Å²) in [7, 11) is 0. The predicted octanol–water partition coefficient (Wildman–Crippen LogP) is 2.49. The van der Waals surface area contributed by atoms with Crippen LogP contribution >= 0.6 is 0 Å². The molecule has 1 saturated carbocycles. The Bertz CT molecular complexity index is 272. The van der Waals surface area contributed by atoms with Gasteiger partial charge in [0.15, 0.2) is 0 Å². The Morgan fingerprint density at radius 1 is 1.40 bits per heavy atom. The molecular weight excluding hydrogens is 192 g/mol. The first kappa shape index (κ1) is 12.2. The highest BCUT2D eigenvalue weighted by Gasteiger charge is 2.48. The van der Waals surface area contributed by atoms with Crippen LogP contribution in [0.25, 0.3) is 0 Å². The number of hydrogen-bond acceptors (Lipinski definition) is 2. The molecule has 86 valence electrons. The molecule has 1 aliphatic carbocycles. The van der Waals surface area contributed by atoms with E-state index in [1.807, 2.05) is 0 Å². The molecular formula is C12H20O3. The van der Waals surface area contributed by atoms with Crippen LogP contribution in [0.3, 0.4) is 0 Å². The molecule has 0 aromatic carbocycles. The Balaban J connectivity index is 2.42. The summed E-state index contributed by atoms with van der Waals surface area (Å²) < 4.78 is 0. The first-order chi connectivity index (χ1) is 6.90. The second-order valence-corrected chi connectivity index (χ2v) is 4.97. The van der Waals surface area contributed by atoms with Crippen LogP contribution in [0.5, 0.6) is 0 Å². The van der Waals surface area contributed by atoms with E-state index in [0.717, 1.165) is 12.8 Å². The first-order valence-electron chi connectivity index (χ1n) is 5.65. The summed E-state index contributed by atoms with van der Waals surface area (Å²) in [4.78, 5) is 22.0. The van der Waals surface area contributed by atoms with E-state index in [2.05, 4.69) is 20.8 Å². The molecule has 1 aliphatic rings. The zero-order valence-corrected chi connectivity index (χ0v) is 9.75. The number of rotatable bonds is 5. The van der Waals surface area contributed by atoms with Gasteiger partial charge in [0, 0.05) is 12.3 Å². The van der Waals surface area contributed by atoms with Gasteiger partial charge in [-0.25, -0.2) is 0 Å². The summed E-state index contributed by atoms with van der Waals surface area (Å²) in [6.07, 6.45) is 2.20. The molecule has 0 heterocycles. The van der Waals surface area contributed by atoms with Gasteiger partial charge < -0.3 is 5.11 Å². The van der Waals surface area contributed by atoms with Crippen molar-refractivity contribution in [3.63, 3.8) is 0 Å². The molecule has 3 nitrogen and oxygen atoms in total. The van der Waals surface area contributed by atoms with E-state index in [-0.39, 0.29) is 24.5 Å². The Morgan fingerprint density at radius 3 is 2.40 bits per heavy atom. The van der Waals surface area contributed by atoms with Crippen molar-refractivity contribution in [1.82, 2.24) is 0 Å². The molecule has 0 aromatic rings. The number of aliphatic carboxylic acids is 1. The van der Waals surface area contributed by atoms with Gasteiger partial charge in [-0.2, -0.15) is 0 Å². The molecule has 0 aromatic heterocycles. The fourth-order valence-corrected chi connectivity index (χ4v) is 2.46. The van der Waals surface area contributed by atoms with Crippen LogP contribution in [0, 0.1) is 17.3 Å². The maximum absolute atomic E-state index is 11.7. The third kappa shape index (κ3) is 2.39. The van der Waals surface area contributed by atoms with Crippen molar-refractivity contribution in [1.29, 1.82) is 0 Å². The maximum Gasteiger partial charge on any atom is 0.303 e. The Labute approximate surface area is 90.9 Å². The molecule has 15 heavy (non-hydrogen) atoms. The third-order valence-corrected chi connectivity index (χ3v) is 4.20. The Hall–Kier alpha value is -0.860. The van der Waals surface area contributed by atoms with Gasteiger partial charge in [0.2, 0.25) is 0 Å². The van der Waals surface area contributed by atoms with Crippen LogP contribution in [-0.4, -0.2) is 16.9 Å². The third-order valence-electron chi connectivity index (χ3n) is 4.20. The molecule has 3 unspecified atom stereocenters. The molecule has 0 bridgehead atoms. The molecule has 0 radical (unpaired) electrons. The van der Waals surface area contributed by atoms with Crippen LogP contribution in [0.4, 0.5) is 0 Å². The molecule has 1 N–H and O–H groups in total. The fourth-order valence-electron chi connectivity index (χ4n) is 2.46. The first-order valence-corrected chi connectivity index (χ1v) is 5.65. The van der Waals surface area contributed by atoms with Gasteiger partial charge in [-0.3, -0.25) is 9.59 Å². The summed E-state index contributed by atoms with van der Waals surface area (Å²) >= 11 is 0. The molecule has 0 saturated heterocycles. The molecule has 0 aliphatic heterocycles. The van der Waals surface area contributed by atoms with Crippen molar-refractivity contribution in [2.24, 2.45) is 17.3 Å².